The molecular weight excluding hydrogens is 385 g/mol. The van der Waals surface area contributed by atoms with E-state index in [1.807, 2.05) is 0 Å². The Hall–Kier alpha value is -1.91. The van der Waals surface area contributed by atoms with Crippen molar-refractivity contribution in [2.75, 3.05) is 0 Å². The number of halogens is 3. The van der Waals surface area contributed by atoms with Crippen LogP contribution in [0, 0.1) is 5.92 Å². The van der Waals surface area contributed by atoms with Gasteiger partial charge in [0.05, 0.1) is 5.92 Å². The molecule has 0 radical (unpaired) electrons. The molecule has 0 heterocycles. The maximum atomic E-state index is 12.7. The van der Waals surface area contributed by atoms with Crippen LogP contribution < -0.4 is 0 Å². The molecule has 1 fully saturated rings. The second kappa shape index (κ2) is 7.14. The minimum absolute atomic E-state index is 0.423. The molecule has 1 atom stereocenters. The van der Waals surface area contributed by atoms with Crippen LogP contribution in [0.2, 0.25) is 0 Å². The number of sulfone groups is 1. The molecule has 138 valence electrons. The first-order chi connectivity index (χ1) is 11.6. The molecule has 0 N–H and O–H groups in total. The summed E-state index contributed by atoms with van der Waals surface area (Å²) in [5.41, 5.74) is 9.13. The fraction of sp³-hybridized carbons (Fsp3) is 0.538. The number of alkyl halides is 3. The van der Waals surface area contributed by atoms with E-state index in [9.17, 15) is 30.0 Å². The number of allylic oxidation sites excluding steroid dienone is 3. The SMILES string of the molecule is [N-]=[N+]=C(C1CCCC1)S(=O)(=O)C1C=CC=C(OC(F)(F)F)C1=S(=O)=O. The summed E-state index contributed by atoms with van der Waals surface area (Å²) in [6.45, 7) is 0. The van der Waals surface area contributed by atoms with Crippen LogP contribution in [-0.4, -0.2) is 43.1 Å². The smallest absolute Gasteiger partial charge is 0.404 e. The Morgan fingerprint density at radius 1 is 1.28 bits per heavy atom. The quantitative estimate of drug-likeness (QED) is 0.236. The molecule has 25 heavy (non-hydrogen) atoms. The normalized spacial score (nSPS) is 21.6. The van der Waals surface area contributed by atoms with Gasteiger partial charge in [-0.15, -0.1) is 13.2 Å². The molecule has 0 spiro atoms. The summed E-state index contributed by atoms with van der Waals surface area (Å²) in [4.78, 5) is 1.72. The van der Waals surface area contributed by atoms with Crippen molar-refractivity contribution >= 4 is 30.0 Å². The van der Waals surface area contributed by atoms with Crippen LogP contribution >= 0.6 is 0 Å². The van der Waals surface area contributed by atoms with Crippen molar-refractivity contribution in [1.29, 1.82) is 0 Å². The van der Waals surface area contributed by atoms with Crippen molar-refractivity contribution in [3.63, 3.8) is 0 Å². The standard InChI is InChI=1S/C13H13F3N2O5S2/c14-13(15,16)23-9-6-3-7-10(11(9)24(19)20)25(21,22)12(18-17)8-4-1-2-5-8/h3,6-8,10H,1-2,4-5H2. The molecule has 2 aliphatic rings. The second-order valence-electron chi connectivity index (χ2n) is 5.45. The van der Waals surface area contributed by atoms with Crippen LogP contribution in [0.4, 0.5) is 13.2 Å². The maximum absolute atomic E-state index is 12.7. The van der Waals surface area contributed by atoms with Crippen LogP contribution in [0.15, 0.2) is 24.0 Å². The molecule has 1 saturated carbocycles. The highest BCUT2D eigenvalue weighted by molar-refractivity contribution is 8.08. The molecule has 0 amide bonds. The highest BCUT2D eigenvalue weighted by Crippen LogP contribution is 2.31. The van der Waals surface area contributed by atoms with Gasteiger partial charge < -0.3 is 10.3 Å². The Balaban J connectivity index is 2.51. The van der Waals surface area contributed by atoms with Gasteiger partial charge in [0.1, 0.15) is 15.9 Å². The zero-order valence-electron chi connectivity index (χ0n) is 12.6. The van der Waals surface area contributed by atoms with E-state index in [1.54, 1.807) is 0 Å². The van der Waals surface area contributed by atoms with E-state index in [0.717, 1.165) is 12.2 Å². The lowest BCUT2D eigenvalue weighted by Crippen LogP contribution is -2.40. The highest BCUT2D eigenvalue weighted by Gasteiger charge is 2.47. The van der Waals surface area contributed by atoms with Crippen molar-refractivity contribution in [3.05, 3.63) is 29.5 Å². The van der Waals surface area contributed by atoms with Crippen LogP contribution in [0.25, 0.3) is 5.53 Å². The van der Waals surface area contributed by atoms with E-state index in [4.69, 9.17) is 5.53 Å². The number of hydrogen-bond acceptors (Lipinski definition) is 5. The molecule has 2 rings (SSSR count). The monoisotopic (exact) mass is 398 g/mol. The van der Waals surface area contributed by atoms with Gasteiger partial charge in [0.25, 0.3) is 9.84 Å². The van der Waals surface area contributed by atoms with E-state index >= 15 is 0 Å². The van der Waals surface area contributed by atoms with Crippen LogP contribution in [0.3, 0.4) is 0 Å². The predicted molar refractivity (Wildman–Crippen MR) is 81.6 cm³/mol. The van der Waals surface area contributed by atoms with Gasteiger partial charge in [-0.1, -0.05) is 25.0 Å². The fourth-order valence-corrected chi connectivity index (χ4v) is 5.79. The summed E-state index contributed by atoms with van der Waals surface area (Å²) in [7, 11) is -7.85. The highest BCUT2D eigenvalue weighted by atomic mass is 32.2. The molecule has 2 aliphatic carbocycles. The first-order valence-electron chi connectivity index (χ1n) is 7.14. The summed E-state index contributed by atoms with van der Waals surface area (Å²) in [5, 5.41) is -2.59. The molecule has 12 heteroatoms. The molecule has 0 aliphatic heterocycles. The molecule has 0 aromatic rings. The first kappa shape index (κ1) is 19.4. The number of nitrogens with zero attached hydrogens (tertiary/aromatic N) is 2. The number of hydrogen-bond donors (Lipinski definition) is 0. The van der Waals surface area contributed by atoms with Crippen molar-refractivity contribution in [2.24, 2.45) is 5.92 Å². The van der Waals surface area contributed by atoms with Crippen LogP contribution in [-0.2, 0) is 24.9 Å². The van der Waals surface area contributed by atoms with E-state index < -0.39 is 53.3 Å². The first-order valence-corrected chi connectivity index (χ1v) is 9.76. The molecular formula is C13H13F3N2O5S2. The Bertz CT molecular complexity index is 896. The van der Waals surface area contributed by atoms with Gasteiger partial charge in [-0.25, -0.2) is 8.42 Å². The zero-order valence-corrected chi connectivity index (χ0v) is 14.2. The van der Waals surface area contributed by atoms with E-state index in [-0.39, 0.29) is 0 Å². The Morgan fingerprint density at radius 2 is 1.88 bits per heavy atom. The van der Waals surface area contributed by atoms with Gasteiger partial charge in [-0.2, -0.15) is 13.2 Å². The maximum Gasteiger partial charge on any atom is 0.573 e. The van der Waals surface area contributed by atoms with E-state index in [1.165, 1.54) is 0 Å². The van der Waals surface area contributed by atoms with Crippen molar-refractivity contribution < 1.29 is 39.5 Å². The molecule has 0 saturated heterocycles. The summed E-state index contributed by atoms with van der Waals surface area (Å²) in [5.74, 6) is -1.75. The Kier molecular flexibility index (Phi) is 5.55. The van der Waals surface area contributed by atoms with E-state index in [2.05, 4.69) is 9.53 Å². The Labute approximate surface area is 142 Å². The fourth-order valence-electron chi connectivity index (χ4n) is 2.86. The van der Waals surface area contributed by atoms with Gasteiger partial charge in [0, 0.05) is 0 Å². The lowest BCUT2D eigenvalue weighted by Gasteiger charge is -2.20. The van der Waals surface area contributed by atoms with Gasteiger partial charge in [0.15, 0.2) is 0 Å². The topological polar surface area (TPSA) is 114 Å². The largest absolute Gasteiger partial charge is 0.573 e. The third-order valence-electron chi connectivity index (χ3n) is 3.87. The lowest BCUT2D eigenvalue weighted by molar-refractivity contribution is -0.302. The third-order valence-corrected chi connectivity index (χ3v) is 6.89. The van der Waals surface area contributed by atoms with Crippen LogP contribution in [0.5, 0.6) is 0 Å². The minimum atomic E-state index is -5.20. The van der Waals surface area contributed by atoms with Crippen molar-refractivity contribution in [2.45, 2.75) is 37.3 Å². The minimum Gasteiger partial charge on any atom is -0.404 e. The molecule has 0 aromatic carbocycles. The van der Waals surface area contributed by atoms with Crippen molar-refractivity contribution in [1.82, 2.24) is 0 Å². The second-order valence-corrected chi connectivity index (χ2v) is 8.37. The number of rotatable bonds is 3. The molecule has 0 bridgehead atoms. The lowest BCUT2D eigenvalue weighted by atomic mass is 10.1. The van der Waals surface area contributed by atoms with Gasteiger partial charge >= 0.3 is 11.4 Å². The summed E-state index contributed by atoms with van der Waals surface area (Å²) < 4.78 is 89.3. The number of ether oxygens (including phenoxy) is 1. The predicted octanol–water partition coefficient (Wildman–Crippen LogP) is 1.63. The molecule has 1 unspecified atom stereocenters. The molecule has 0 aromatic heterocycles. The zero-order chi connectivity index (χ0) is 18.8. The van der Waals surface area contributed by atoms with Gasteiger partial charge in [-0.3, -0.25) is 0 Å². The van der Waals surface area contributed by atoms with Gasteiger partial charge in [-0.05, 0) is 18.9 Å². The summed E-state index contributed by atoms with van der Waals surface area (Å²) >= 11 is 0. The van der Waals surface area contributed by atoms with Gasteiger partial charge in [0.2, 0.25) is 10.3 Å². The summed E-state index contributed by atoms with van der Waals surface area (Å²) in [6, 6.07) is 0. The average Bonchev–Trinajstić information content (AvgIpc) is 2.99. The molecule has 7 nitrogen and oxygen atoms in total. The van der Waals surface area contributed by atoms with E-state index in [0.29, 0.717) is 31.8 Å². The average molecular weight is 398 g/mol. The third kappa shape index (κ3) is 4.20. The summed E-state index contributed by atoms with van der Waals surface area (Å²) in [6.07, 6.45) is -0.393. The Morgan fingerprint density at radius 3 is 2.36 bits per heavy atom. The van der Waals surface area contributed by atoms with Crippen LogP contribution in [0.1, 0.15) is 25.7 Å². The van der Waals surface area contributed by atoms with Crippen molar-refractivity contribution in [3.8, 4) is 0 Å².